The number of Topliss-reactive ketones (excluding diaryl/α,β-unsaturated/α-hetero) is 1. The molecule has 0 saturated carbocycles. The van der Waals surface area contributed by atoms with Crippen LogP contribution in [0.15, 0.2) is 0 Å². The number of ether oxygens (including phenoxy) is 1. The van der Waals surface area contributed by atoms with Gasteiger partial charge in [-0.2, -0.15) is 8.42 Å². The van der Waals surface area contributed by atoms with Gasteiger partial charge in [-0.3, -0.25) is 9.35 Å². The number of hydrogen-bond acceptors (Lipinski definition) is 6. The maximum atomic E-state index is 13.1. The molecule has 0 bridgehead atoms. The average molecular weight is 411 g/mol. The monoisotopic (exact) mass is 410 g/mol. The van der Waals surface area contributed by atoms with Gasteiger partial charge in [-0.25, -0.2) is 0 Å². The standard InChI is InChI=1S/C17H34O7SSi/c1-6-8-9-12-15(18)14-11-10-13-26(23-4,24-5)17(14,22-3)16(7-2)25(19,20)21/h14,16H,6-13H2,1-5H3,(H,19,20,21). The molecule has 1 aliphatic rings. The summed E-state index contributed by atoms with van der Waals surface area (Å²) in [6.45, 7) is 3.72. The first kappa shape index (κ1) is 23.7. The Balaban J connectivity index is 3.52. The molecule has 9 heteroatoms. The highest BCUT2D eigenvalue weighted by Gasteiger charge is 2.70. The van der Waals surface area contributed by atoms with Crippen molar-refractivity contribution in [2.24, 2.45) is 5.92 Å². The number of ketones is 1. The van der Waals surface area contributed by atoms with E-state index >= 15 is 0 Å². The molecule has 1 N–H and O–H groups in total. The molecule has 0 aromatic heterocycles. The zero-order valence-corrected chi connectivity index (χ0v) is 18.4. The number of unbranched alkanes of at least 4 members (excludes halogenated alkanes) is 2. The van der Waals surface area contributed by atoms with Crippen LogP contribution >= 0.6 is 0 Å². The van der Waals surface area contributed by atoms with Crippen LogP contribution in [0.25, 0.3) is 0 Å². The Morgan fingerprint density at radius 2 is 1.85 bits per heavy atom. The van der Waals surface area contributed by atoms with Crippen LogP contribution in [0.1, 0.15) is 58.8 Å². The summed E-state index contributed by atoms with van der Waals surface area (Å²) in [5, 5.41) is -2.74. The maximum Gasteiger partial charge on any atom is 0.372 e. The van der Waals surface area contributed by atoms with E-state index in [-0.39, 0.29) is 12.2 Å². The first-order valence-corrected chi connectivity index (χ1v) is 12.9. The van der Waals surface area contributed by atoms with Crippen LogP contribution in [0.2, 0.25) is 6.04 Å². The van der Waals surface area contributed by atoms with Crippen molar-refractivity contribution in [2.45, 2.75) is 75.3 Å². The molecule has 154 valence electrons. The Hall–Kier alpha value is -0.323. The molecule has 3 unspecified atom stereocenters. The second-order valence-corrected chi connectivity index (χ2v) is 12.1. The fourth-order valence-electron chi connectivity index (χ4n) is 4.58. The second-order valence-electron chi connectivity index (χ2n) is 6.94. The molecule has 0 radical (unpaired) electrons. The molecular formula is C17H34O7SSi. The third-order valence-corrected chi connectivity index (χ3v) is 11.8. The SMILES string of the molecule is CCCCCC(=O)C1CCC[Si](OC)(OC)C1(OC)C(CC)S(=O)(=O)O. The van der Waals surface area contributed by atoms with Crippen LogP contribution in [0, 0.1) is 5.92 Å². The highest BCUT2D eigenvalue weighted by Crippen LogP contribution is 2.49. The van der Waals surface area contributed by atoms with E-state index in [9.17, 15) is 17.8 Å². The highest BCUT2D eigenvalue weighted by molar-refractivity contribution is 7.86. The van der Waals surface area contributed by atoms with Gasteiger partial charge in [0.2, 0.25) is 0 Å². The third kappa shape index (κ3) is 4.23. The fourth-order valence-corrected chi connectivity index (χ4v) is 10.8. The van der Waals surface area contributed by atoms with E-state index in [1.807, 2.05) is 0 Å². The molecule has 1 heterocycles. The molecule has 1 aliphatic heterocycles. The number of rotatable bonds is 11. The second kappa shape index (κ2) is 9.75. The summed E-state index contributed by atoms with van der Waals surface area (Å²) in [6, 6.07) is 0.512. The van der Waals surface area contributed by atoms with Crippen molar-refractivity contribution < 1.29 is 31.4 Å². The van der Waals surface area contributed by atoms with Crippen molar-refractivity contribution in [1.29, 1.82) is 0 Å². The summed E-state index contributed by atoms with van der Waals surface area (Å²) in [6.07, 6.45) is 4.35. The Labute approximate surface area is 158 Å². The van der Waals surface area contributed by atoms with E-state index < -0.39 is 35.1 Å². The molecular weight excluding hydrogens is 376 g/mol. The molecule has 26 heavy (non-hydrogen) atoms. The van der Waals surface area contributed by atoms with Crippen LogP contribution in [-0.4, -0.2) is 59.1 Å². The van der Waals surface area contributed by atoms with Gasteiger partial charge < -0.3 is 13.6 Å². The van der Waals surface area contributed by atoms with E-state index in [4.69, 9.17) is 13.6 Å². The first-order chi connectivity index (χ1) is 12.2. The van der Waals surface area contributed by atoms with E-state index in [1.165, 1.54) is 21.3 Å². The van der Waals surface area contributed by atoms with Crippen LogP contribution in [-0.2, 0) is 28.5 Å². The Morgan fingerprint density at radius 3 is 2.27 bits per heavy atom. The van der Waals surface area contributed by atoms with Crippen molar-refractivity contribution in [3.05, 3.63) is 0 Å². The lowest BCUT2D eigenvalue weighted by Crippen LogP contribution is -2.75. The summed E-state index contributed by atoms with van der Waals surface area (Å²) in [4.78, 5) is 13.1. The van der Waals surface area contributed by atoms with Gasteiger partial charge in [-0.05, 0) is 25.3 Å². The van der Waals surface area contributed by atoms with Gasteiger partial charge in [-0.1, -0.05) is 33.1 Å². The number of methoxy groups -OCH3 is 1. The minimum atomic E-state index is -4.47. The lowest BCUT2D eigenvalue weighted by Gasteiger charge is -2.54. The van der Waals surface area contributed by atoms with Gasteiger partial charge in [0.05, 0.1) is 5.92 Å². The van der Waals surface area contributed by atoms with E-state index in [0.29, 0.717) is 25.3 Å². The zero-order chi connectivity index (χ0) is 20.0. The molecule has 1 saturated heterocycles. The lowest BCUT2D eigenvalue weighted by atomic mass is 9.86. The van der Waals surface area contributed by atoms with E-state index in [0.717, 1.165) is 19.3 Å². The Bertz CT molecular complexity index is 561. The summed E-state index contributed by atoms with van der Waals surface area (Å²) >= 11 is 0. The van der Waals surface area contributed by atoms with Gasteiger partial charge in [0.25, 0.3) is 10.1 Å². The number of carbonyl (C=O) groups is 1. The Morgan fingerprint density at radius 1 is 1.23 bits per heavy atom. The van der Waals surface area contributed by atoms with Gasteiger partial charge in [0.1, 0.15) is 16.3 Å². The predicted molar refractivity (Wildman–Crippen MR) is 102 cm³/mol. The topological polar surface area (TPSA) is 99.1 Å². The molecule has 1 rings (SSSR count). The molecule has 0 spiro atoms. The number of hydrogen-bond donors (Lipinski definition) is 1. The predicted octanol–water partition coefficient (Wildman–Crippen LogP) is 2.87. The maximum absolute atomic E-state index is 13.1. The smallest absolute Gasteiger partial charge is 0.372 e. The van der Waals surface area contributed by atoms with Crippen molar-refractivity contribution in [3.8, 4) is 0 Å². The first-order valence-electron chi connectivity index (χ1n) is 9.35. The fraction of sp³-hybridized carbons (Fsp3) is 0.941. The molecule has 0 aliphatic carbocycles. The minimum absolute atomic E-state index is 0.0342. The van der Waals surface area contributed by atoms with Crippen LogP contribution in [0.3, 0.4) is 0 Å². The van der Waals surface area contributed by atoms with Gasteiger partial charge in [0, 0.05) is 27.8 Å². The van der Waals surface area contributed by atoms with Gasteiger partial charge in [0.15, 0.2) is 0 Å². The summed E-state index contributed by atoms with van der Waals surface area (Å²) in [7, 11) is -3.38. The van der Waals surface area contributed by atoms with Crippen molar-refractivity contribution >= 4 is 24.5 Å². The van der Waals surface area contributed by atoms with Crippen LogP contribution < -0.4 is 0 Å². The Kier molecular flexibility index (Phi) is 8.89. The van der Waals surface area contributed by atoms with Crippen LogP contribution in [0.4, 0.5) is 0 Å². The minimum Gasteiger partial charge on any atom is -0.396 e. The highest BCUT2D eigenvalue weighted by atomic mass is 32.2. The zero-order valence-electron chi connectivity index (χ0n) is 16.6. The lowest BCUT2D eigenvalue weighted by molar-refractivity contribution is -0.134. The third-order valence-electron chi connectivity index (χ3n) is 5.73. The average Bonchev–Trinajstić information content (AvgIpc) is 2.60. The molecule has 0 aromatic carbocycles. The van der Waals surface area contributed by atoms with E-state index in [1.54, 1.807) is 6.92 Å². The van der Waals surface area contributed by atoms with Crippen molar-refractivity contribution in [1.82, 2.24) is 0 Å². The van der Waals surface area contributed by atoms with E-state index in [2.05, 4.69) is 6.92 Å². The van der Waals surface area contributed by atoms with Crippen molar-refractivity contribution in [3.63, 3.8) is 0 Å². The molecule has 0 amide bonds. The molecule has 1 fully saturated rings. The summed E-state index contributed by atoms with van der Waals surface area (Å²) in [5.41, 5.74) is 0. The van der Waals surface area contributed by atoms with Crippen LogP contribution in [0.5, 0.6) is 0 Å². The molecule has 0 aromatic rings. The molecule has 7 nitrogen and oxygen atoms in total. The quantitative estimate of drug-likeness (QED) is 0.318. The van der Waals surface area contributed by atoms with Crippen molar-refractivity contribution in [2.75, 3.05) is 21.3 Å². The normalized spacial score (nSPS) is 27.2. The summed E-state index contributed by atoms with van der Waals surface area (Å²) < 4.78 is 51.9. The number of carbonyl (C=O) groups excluding carboxylic acids is 1. The largest absolute Gasteiger partial charge is 0.396 e. The summed E-state index contributed by atoms with van der Waals surface area (Å²) in [5.74, 6) is -0.704. The van der Waals surface area contributed by atoms with Gasteiger partial charge >= 0.3 is 8.56 Å². The molecule has 3 atom stereocenters. The van der Waals surface area contributed by atoms with Gasteiger partial charge in [-0.15, -0.1) is 0 Å².